The third-order valence-electron chi connectivity index (χ3n) is 3.91. The average Bonchev–Trinajstić information content (AvgIpc) is 3.10. The van der Waals surface area contributed by atoms with Crippen molar-refractivity contribution in [3.8, 4) is 0 Å². The quantitative estimate of drug-likeness (QED) is 0.582. The summed E-state index contributed by atoms with van der Waals surface area (Å²) in [5.74, 6) is 0.201. The van der Waals surface area contributed by atoms with E-state index in [0.717, 1.165) is 31.6 Å². The number of nitrogens with one attached hydrogen (secondary N) is 3. The maximum Gasteiger partial charge on any atom is 0.255 e. The zero-order valence-corrected chi connectivity index (χ0v) is 13.9. The Kier molecular flexibility index (Phi) is 5.01. The van der Waals surface area contributed by atoms with Gasteiger partial charge in [0.1, 0.15) is 0 Å². The van der Waals surface area contributed by atoms with Gasteiger partial charge in [-0.3, -0.25) is 10.2 Å². The molecule has 1 saturated heterocycles. The SMILES string of the molecule is N=C(Nc1cccc(NC(=O)c2ccc(Cl)cc2)c1)N1CCCC1. The molecule has 0 bridgehead atoms. The molecule has 124 valence electrons. The van der Waals surface area contributed by atoms with Crippen LogP contribution >= 0.6 is 11.6 Å². The van der Waals surface area contributed by atoms with Crippen molar-refractivity contribution < 1.29 is 4.79 Å². The Hall–Kier alpha value is -2.53. The van der Waals surface area contributed by atoms with Crippen LogP contribution in [0, 0.1) is 5.41 Å². The Morgan fingerprint density at radius 1 is 1.00 bits per heavy atom. The molecule has 3 N–H and O–H groups in total. The molecule has 1 amide bonds. The number of carbonyl (C=O) groups excluding carboxylic acids is 1. The van der Waals surface area contributed by atoms with Gasteiger partial charge in [0.05, 0.1) is 0 Å². The lowest BCUT2D eigenvalue weighted by Gasteiger charge is -2.19. The normalized spacial score (nSPS) is 13.6. The molecule has 1 heterocycles. The van der Waals surface area contributed by atoms with Crippen LogP contribution in [0.2, 0.25) is 5.02 Å². The first-order valence-corrected chi connectivity index (χ1v) is 8.27. The molecule has 6 heteroatoms. The Bertz CT molecular complexity index is 739. The van der Waals surface area contributed by atoms with E-state index in [1.165, 1.54) is 0 Å². The zero-order chi connectivity index (χ0) is 16.9. The van der Waals surface area contributed by atoms with Crippen LogP contribution in [-0.2, 0) is 0 Å². The standard InChI is InChI=1S/C18H19ClN4O/c19-14-8-6-13(7-9-14)17(24)21-15-4-3-5-16(12-15)22-18(20)23-10-1-2-11-23/h3-9,12H,1-2,10-11H2,(H2,20,22)(H,21,24). The van der Waals surface area contributed by atoms with Crippen molar-refractivity contribution in [2.45, 2.75) is 12.8 Å². The van der Waals surface area contributed by atoms with Crippen molar-refractivity contribution in [1.29, 1.82) is 5.41 Å². The maximum atomic E-state index is 12.2. The predicted molar refractivity (Wildman–Crippen MR) is 98.0 cm³/mol. The third-order valence-corrected chi connectivity index (χ3v) is 4.16. The van der Waals surface area contributed by atoms with Gasteiger partial charge in [-0.1, -0.05) is 17.7 Å². The highest BCUT2D eigenvalue weighted by Gasteiger charge is 2.15. The molecule has 24 heavy (non-hydrogen) atoms. The molecule has 1 aliphatic heterocycles. The van der Waals surface area contributed by atoms with Gasteiger partial charge in [0.15, 0.2) is 5.96 Å². The molecule has 3 rings (SSSR count). The van der Waals surface area contributed by atoms with E-state index in [2.05, 4.69) is 10.6 Å². The highest BCUT2D eigenvalue weighted by Crippen LogP contribution is 2.18. The van der Waals surface area contributed by atoms with Gasteiger partial charge in [-0.2, -0.15) is 0 Å². The summed E-state index contributed by atoms with van der Waals surface area (Å²) in [5.41, 5.74) is 2.00. The maximum absolute atomic E-state index is 12.2. The van der Waals surface area contributed by atoms with Gasteiger partial charge >= 0.3 is 0 Å². The fourth-order valence-electron chi connectivity index (χ4n) is 2.64. The number of halogens is 1. The molecular formula is C18H19ClN4O. The second kappa shape index (κ2) is 7.36. The summed E-state index contributed by atoms with van der Waals surface area (Å²) in [6, 6.07) is 14.1. The molecule has 2 aromatic rings. The minimum atomic E-state index is -0.196. The zero-order valence-electron chi connectivity index (χ0n) is 13.2. The first-order valence-electron chi connectivity index (χ1n) is 7.89. The van der Waals surface area contributed by atoms with Crippen molar-refractivity contribution in [2.24, 2.45) is 0 Å². The van der Waals surface area contributed by atoms with Crippen LogP contribution in [0.4, 0.5) is 11.4 Å². The van der Waals surface area contributed by atoms with Crippen LogP contribution in [-0.4, -0.2) is 29.9 Å². The largest absolute Gasteiger partial charge is 0.343 e. The Morgan fingerprint density at radius 2 is 1.62 bits per heavy atom. The van der Waals surface area contributed by atoms with E-state index in [0.29, 0.717) is 22.2 Å². The first kappa shape index (κ1) is 16.3. The molecule has 0 aromatic heterocycles. The van der Waals surface area contributed by atoms with Crippen molar-refractivity contribution in [3.63, 3.8) is 0 Å². The number of carbonyl (C=O) groups is 1. The van der Waals surface area contributed by atoms with Crippen molar-refractivity contribution in [1.82, 2.24) is 4.90 Å². The summed E-state index contributed by atoms with van der Waals surface area (Å²) in [5, 5.41) is 14.6. The molecule has 0 saturated carbocycles. The Balaban J connectivity index is 1.65. The number of benzene rings is 2. The number of nitrogens with zero attached hydrogens (tertiary/aromatic N) is 1. The molecule has 1 fully saturated rings. The molecule has 2 aromatic carbocycles. The Labute approximate surface area is 146 Å². The van der Waals surface area contributed by atoms with Gasteiger partial charge in [0, 0.05) is 35.1 Å². The fourth-order valence-corrected chi connectivity index (χ4v) is 2.76. The number of hydrogen-bond donors (Lipinski definition) is 3. The van der Waals surface area contributed by atoms with Crippen molar-refractivity contribution in [3.05, 3.63) is 59.1 Å². The minimum Gasteiger partial charge on any atom is -0.343 e. The van der Waals surface area contributed by atoms with Crippen LogP contribution in [0.25, 0.3) is 0 Å². The van der Waals surface area contributed by atoms with Gasteiger partial charge in [-0.15, -0.1) is 0 Å². The van der Waals surface area contributed by atoms with Crippen LogP contribution in [0.3, 0.4) is 0 Å². The second-order valence-electron chi connectivity index (χ2n) is 5.71. The molecular weight excluding hydrogens is 324 g/mol. The van der Waals surface area contributed by atoms with Crippen LogP contribution in [0.5, 0.6) is 0 Å². The van der Waals surface area contributed by atoms with Crippen LogP contribution in [0.1, 0.15) is 23.2 Å². The van der Waals surface area contributed by atoms with E-state index in [1.54, 1.807) is 24.3 Å². The van der Waals surface area contributed by atoms with Gasteiger partial charge in [0.25, 0.3) is 5.91 Å². The lowest BCUT2D eigenvalue weighted by atomic mass is 10.2. The number of anilines is 2. The summed E-state index contributed by atoms with van der Waals surface area (Å²) in [6.45, 7) is 1.83. The predicted octanol–water partition coefficient (Wildman–Crippen LogP) is 4.03. The molecule has 0 unspecified atom stereocenters. The van der Waals surface area contributed by atoms with E-state index < -0.39 is 0 Å². The topological polar surface area (TPSA) is 68.2 Å². The summed E-state index contributed by atoms with van der Waals surface area (Å²) in [6.07, 6.45) is 2.25. The lowest BCUT2D eigenvalue weighted by Crippen LogP contribution is -2.32. The summed E-state index contributed by atoms with van der Waals surface area (Å²) < 4.78 is 0. The molecule has 0 spiro atoms. The number of rotatable bonds is 3. The van der Waals surface area contributed by atoms with E-state index >= 15 is 0 Å². The monoisotopic (exact) mass is 342 g/mol. The van der Waals surface area contributed by atoms with Crippen LogP contribution in [0.15, 0.2) is 48.5 Å². The fraction of sp³-hybridized carbons (Fsp3) is 0.222. The summed E-state index contributed by atoms with van der Waals surface area (Å²) in [4.78, 5) is 14.3. The van der Waals surface area contributed by atoms with Gasteiger partial charge in [-0.05, 0) is 55.3 Å². The minimum absolute atomic E-state index is 0.196. The Morgan fingerprint density at radius 3 is 2.29 bits per heavy atom. The van der Waals surface area contributed by atoms with Gasteiger partial charge < -0.3 is 15.5 Å². The lowest BCUT2D eigenvalue weighted by molar-refractivity contribution is 0.102. The van der Waals surface area contributed by atoms with Crippen molar-refractivity contribution >= 4 is 34.8 Å². The van der Waals surface area contributed by atoms with E-state index in [-0.39, 0.29) is 5.91 Å². The number of likely N-dealkylation sites (tertiary alicyclic amines) is 1. The second-order valence-corrected chi connectivity index (χ2v) is 6.15. The van der Waals surface area contributed by atoms with E-state index in [1.807, 2.05) is 29.2 Å². The first-order chi connectivity index (χ1) is 11.6. The van der Waals surface area contributed by atoms with Crippen LogP contribution < -0.4 is 10.6 Å². The highest BCUT2D eigenvalue weighted by molar-refractivity contribution is 6.30. The van der Waals surface area contributed by atoms with Gasteiger partial charge in [-0.25, -0.2) is 0 Å². The summed E-state index contributed by atoms with van der Waals surface area (Å²) >= 11 is 5.84. The molecule has 0 atom stereocenters. The number of amides is 1. The molecule has 0 aliphatic carbocycles. The van der Waals surface area contributed by atoms with Crippen molar-refractivity contribution in [2.75, 3.05) is 23.7 Å². The number of hydrogen-bond acceptors (Lipinski definition) is 2. The summed E-state index contributed by atoms with van der Waals surface area (Å²) in [7, 11) is 0. The molecule has 1 aliphatic rings. The average molecular weight is 343 g/mol. The smallest absolute Gasteiger partial charge is 0.255 e. The van der Waals surface area contributed by atoms with E-state index in [9.17, 15) is 4.79 Å². The van der Waals surface area contributed by atoms with Gasteiger partial charge in [0.2, 0.25) is 0 Å². The highest BCUT2D eigenvalue weighted by atomic mass is 35.5. The number of guanidine groups is 1. The molecule has 5 nitrogen and oxygen atoms in total. The molecule has 0 radical (unpaired) electrons. The van der Waals surface area contributed by atoms with E-state index in [4.69, 9.17) is 17.0 Å². The third kappa shape index (κ3) is 4.06.